The van der Waals surface area contributed by atoms with Crippen LogP contribution in [0.1, 0.15) is 39.9 Å². The van der Waals surface area contributed by atoms with Crippen LogP contribution in [0.15, 0.2) is 42.5 Å². The second-order valence-electron chi connectivity index (χ2n) is 8.03. The molecule has 1 atom stereocenters. The number of rotatable bonds is 5. The first kappa shape index (κ1) is 22.8. The van der Waals surface area contributed by atoms with Gasteiger partial charge >= 0.3 is 5.92 Å². The van der Waals surface area contributed by atoms with Crippen LogP contribution in [0, 0.1) is 0 Å². The first-order chi connectivity index (χ1) is 15.6. The molecule has 2 aromatic carbocycles. The van der Waals surface area contributed by atoms with E-state index < -0.39 is 29.3 Å². The van der Waals surface area contributed by atoms with E-state index >= 15 is 0 Å². The molecule has 10 heteroatoms. The Morgan fingerprint density at radius 3 is 2.55 bits per heavy atom. The largest absolute Gasteiger partial charge is 0.349 e. The van der Waals surface area contributed by atoms with E-state index in [2.05, 4.69) is 5.32 Å². The van der Waals surface area contributed by atoms with Crippen molar-refractivity contribution >= 4 is 35.2 Å². The van der Waals surface area contributed by atoms with Crippen molar-refractivity contribution in [3.63, 3.8) is 0 Å². The summed E-state index contributed by atoms with van der Waals surface area (Å²) in [6.07, 6.45) is 0.427. The topological polar surface area (TPSA) is 86.8 Å². The van der Waals surface area contributed by atoms with Crippen molar-refractivity contribution in [2.75, 3.05) is 7.05 Å². The number of likely N-dealkylation sites (N-methyl/N-ethyl adjacent to an activating group) is 1. The summed E-state index contributed by atoms with van der Waals surface area (Å²) < 4.78 is 28.9. The van der Waals surface area contributed by atoms with E-state index in [1.807, 2.05) is 0 Å². The molecule has 7 nitrogen and oxygen atoms in total. The van der Waals surface area contributed by atoms with Crippen molar-refractivity contribution in [3.05, 3.63) is 69.7 Å². The Morgan fingerprint density at radius 1 is 1.15 bits per heavy atom. The number of likely N-dealkylation sites (tertiary alicyclic amines) is 1. The number of hydrogen-bond acceptors (Lipinski definition) is 4. The van der Waals surface area contributed by atoms with Crippen molar-refractivity contribution < 1.29 is 28.0 Å². The molecule has 33 heavy (non-hydrogen) atoms. The highest BCUT2D eigenvalue weighted by Crippen LogP contribution is 2.31. The highest BCUT2D eigenvalue weighted by Gasteiger charge is 2.42. The zero-order chi connectivity index (χ0) is 23.9. The number of benzene rings is 2. The lowest BCUT2D eigenvalue weighted by Crippen LogP contribution is -2.53. The van der Waals surface area contributed by atoms with Gasteiger partial charge in [-0.05, 0) is 35.7 Å². The number of alkyl halides is 2. The predicted octanol–water partition coefficient (Wildman–Crippen LogP) is 2.85. The molecule has 1 fully saturated rings. The zero-order valence-electron chi connectivity index (χ0n) is 17.6. The average Bonchev–Trinajstić information content (AvgIpc) is 3.11. The third-order valence-corrected chi connectivity index (χ3v) is 6.20. The second-order valence-corrected chi connectivity index (χ2v) is 8.47. The number of carbonyl (C=O) groups excluding carboxylic acids is 4. The fourth-order valence-corrected chi connectivity index (χ4v) is 4.15. The SMILES string of the molecule is CN1C(=O)CCC(N2Cc3cc(CNC(=O)C(F)(F)c4ccc(Cl)cc4)ccc3C2=O)C1=O. The Hall–Kier alpha value is -3.33. The van der Waals surface area contributed by atoms with Gasteiger partial charge in [0.05, 0.1) is 0 Å². The van der Waals surface area contributed by atoms with Gasteiger partial charge in [-0.25, -0.2) is 0 Å². The Bertz CT molecular complexity index is 1150. The van der Waals surface area contributed by atoms with E-state index in [1.54, 1.807) is 18.2 Å². The maximum Gasteiger partial charge on any atom is 0.349 e. The van der Waals surface area contributed by atoms with Gasteiger partial charge in [-0.15, -0.1) is 0 Å². The van der Waals surface area contributed by atoms with Crippen LogP contribution in [0.5, 0.6) is 0 Å². The molecule has 0 aromatic heterocycles. The van der Waals surface area contributed by atoms with Crippen molar-refractivity contribution in [2.24, 2.45) is 0 Å². The molecule has 2 aromatic rings. The number of piperidine rings is 1. The third-order valence-electron chi connectivity index (χ3n) is 5.94. The predicted molar refractivity (Wildman–Crippen MR) is 114 cm³/mol. The van der Waals surface area contributed by atoms with Gasteiger partial charge in [0.25, 0.3) is 17.7 Å². The quantitative estimate of drug-likeness (QED) is 0.674. The van der Waals surface area contributed by atoms with Crippen molar-refractivity contribution in [1.29, 1.82) is 0 Å². The fraction of sp³-hybridized carbons (Fsp3) is 0.304. The summed E-state index contributed by atoms with van der Waals surface area (Å²) in [5.74, 6) is -6.23. The van der Waals surface area contributed by atoms with E-state index in [0.717, 1.165) is 17.0 Å². The third kappa shape index (κ3) is 4.20. The van der Waals surface area contributed by atoms with Gasteiger partial charge in [-0.3, -0.25) is 24.1 Å². The van der Waals surface area contributed by atoms with Crippen molar-refractivity contribution in [2.45, 2.75) is 37.9 Å². The lowest BCUT2D eigenvalue weighted by atomic mass is 10.0. The minimum Gasteiger partial charge on any atom is -0.346 e. The number of hydrogen-bond donors (Lipinski definition) is 1. The molecule has 1 N–H and O–H groups in total. The first-order valence-electron chi connectivity index (χ1n) is 10.2. The number of nitrogens with zero attached hydrogens (tertiary/aromatic N) is 2. The molecule has 1 saturated heterocycles. The molecule has 1 unspecified atom stereocenters. The molecule has 2 aliphatic heterocycles. The molecule has 172 valence electrons. The van der Waals surface area contributed by atoms with Gasteiger partial charge in [0.2, 0.25) is 5.91 Å². The maximum absolute atomic E-state index is 14.4. The summed E-state index contributed by atoms with van der Waals surface area (Å²) in [5, 5.41) is 2.51. The number of fused-ring (bicyclic) bond motifs is 1. The van der Waals surface area contributed by atoms with E-state index in [4.69, 9.17) is 11.6 Å². The fourth-order valence-electron chi connectivity index (χ4n) is 4.03. The summed E-state index contributed by atoms with van der Waals surface area (Å²) >= 11 is 5.71. The minimum atomic E-state index is -3.74. The van der Waals surface area contributed by atoms with Crippen LogP contribution in [0.2, 0.25) is 5.02 Å². The Labute approximate surface area is 193 Å². The number of imide groups is 1. The lowest BCUT2D eigenvalue weighted by molar-refractivity contribution is -0.150. The molecule has 0 radical (unpaired) electrons. The molecule has 0 aliphatic carbocycles. The molecule has 2 heterocycles. The number of amides is 4. The van der Waals surface area contributed by atoms with Gasteiger partial charge in [0.15, 0.2) is 0 Å². The molecule has 0 spiro atoms. The molecule has 4 amide bonds. The number of nitrogens with one attached hydrogen (secondary N) is 1. The second kappa shape index (κ2) is 8.55. The van der Waals surface area contributed by atoms with Crippen LogP contribution in [0.3, 0.4) is 0 Å². The zero-order valence-corrected chi connectivity index (χ0v) is 18.4. The molecule has 0 bridgehead atoms. The van der Waals surface area contributed by atoms with Crippen molar-refractivity contribution in [1.82, 2.24) is 15.1 Å². The Morgan fingerprint density at radius 2 is 1.85 bits per heavy atom. The molecular weight excluding hydrogens is 456 g/mol. The van der Waals surface area contributed by atoms with Gasteiger partial charge < -0.3 is 10.2 Å². The van der Waals surface area contributed by atoms with Crippen LogP contribution in [-0.2, 0) is 33.4 Å². The summed E-state index contributed by atoms with van der Waals surface area (Å²) in [5.41, 5.74) is 1.10. The minimum absolute atomic E-state index is 0.162. The monoisotopic (exact) mass is 475 g/mol. The van der Waals surface area contributed by atoms with Gasteiger partial charge in [-0.1, -0.05) is 35.9 Å². The first-order valence-corrected chi connectivity index (χ1v) is 10.6. The van der Waals surface area contributed by atoms with Crippen LogP contribution >= 0.6 is 11.6 Å². The highest BCUT2D eigenvalue weighted by atomic mass is 35.5. The standard InChI is InChI=1S/C23H20ClF2N3O4/c1-28-19(30)9-8-18(21(28)32)29-12-14-10-13(2-7-17(14)20(29)31)11-27-22(33)23(25,26)15-3-5-16(24)6-4-15/h2-7,10,18H,8-9,11-12H2,1H3,(H,27,33). The lowest BCUT2D eigenvalue weighted by Gasteiger charge is -2.33. The van der Waals surface area contributed by atoms with Crippen molar-refractivity contribution in [3.8, 4) is 0 Å². The molecule has 0 saturated carbocycles. The van der Waals surface area contributed by atoms with E-state index in [0.29, 0.717) is 16.7 Å². The highest BCUT2D eigenvalue weighted by molar-refractivity contribution is 6.30. The van der Waals surface area contributed by atoms with Crippen LogP contribution in [-0.4, -0.2) is 46.5 Å². The summed E-state index contributed by atoms with van der Waals surface area (Å²) in [7, 11) is 1.39. The average molecular weight is 476 g/mol. The Balaban J connectivity index is 1.44. The number of carbonyl (C=O) groups is 4. The van der Waals surface area contributed by atoms with E-state index in [9.17, 15) is 28.0 Å². The van der Waals surface area contributed by atoms with Gasteiger partial charge in [-0.2, -0.15) is 8.78 Å². The van der Waals surface area contributed by atoms with E-state index in [1.165, 1.54) is 24.1 Å². The summed E-state index contributed by atoms with van der Waals surface area (Å²) in [6, 6.07) is 8.80. The Kier molecular flexibility index (Phi) is 5.92. The summed E-state index contributed by atoms with van der Waals surface area (Å²) in [4.78, 5) is 51.6. The molecule has 4 rings (SSSR count). The van der Waals surface area contributed by atoms with Crippen LogP contribution in [0.25, 0.3) is 0 Å². The van der Waals surface area contributed by atoms with E-state index in [-0.39, 0.29) is 42.8 Å². The molecule has 2 aliphatic rings. The van der Waals surface area contributed by atoms with Crippen LogP contribution < -0.4 is 5.32 Å². The van der Waals surface area contributed by atoms with Gasteiger partial charge in [0.1, 0.15) is 6.04 Å². The molecular formula is C23H20ClF2N3O4. The normalized spacial score (nSPS) is 18.5. The van der Waals surface area contributed by atoms with Crippen LogP contribution in [0.4, 0.5) is 8.78 Å². The smallest absolute Gasteiger partial charge is 0.346 e. The number of halogens is 3. The van der Waals surface area contributed by atoms with Gasteiger partial charge in [0, 0.05) is 42.7 Å². The maximum atomic E-state index is 14.4. The summed E-state index contributed by atoms with van der Waals surface area (Å²) in [6.45, 7) is -0.00158.